The Labute approximate surface area is 126 Å². The standard InChI is InChI=1S/C15H15N3O2S/c1-9-13(10-5-3-2-4-6-10)17-15(21-9)18-8-11(14(16)20)7-12(18)19/h2-6,11H,7-8H2,1H3,(H2,16,20). The Morgan fingerprint density at radius 2 is 2.10 bits per heavy atom. The van der Waals surface area contributed by atoms with E-state index in [1.165, 1.54) is 11.3 Å². The van der Waals surface area contributed by atoms with E-state index in [0.717, 1.165) is 16.1 Å². The minimum absolute atomic E-state index is 0.0906. The van der Waals surface area contributed by atoms with Crippen molar-refractivity contribution < 1.29 is 9.59 Å². The summed E-state index contributed by atoms with van der Waals surface area (Å²) in [6, 6.07) is 9.84. The summed E-state index contributed by atoms with van der Waals surface area (Å²) in [5, 5.41) is 0.639. The average molecular weight is 301 g/mol. The average Bonchev–Trinajstić information content (AvgIpc) is 3.03. The van der Waals surface area contributed by atoms with Crippen LogP contribution in [0.25, 0.3) is 11.3 Å². The van der Waals surface area contributed by atoms with Crippen molar-refractivity contribution in [1.29, 1.82) is 0 Å². The van der Waals surface area contributed by atoms with Crippen molar-refractivity contribution in [1.82, 2.24) is 4.98 Å². The molecule has 1 aliphatic heterocycles. The zero-order chi connectivity index (χ0) is 15.0. The van der Waals surface area contributed by atoms with Crippen LogP contribution in [0.2, 0.25) is 0 Å². The fourth-order valence-corrected chi connectivity index (χ4v) is 3.40. The van der Waals surface area contributed by atoms with E-state index in [4.69, 9.17) is 5.73 Å². The van der Waals surface area contributed by atoms with Crippen LogP contribution in [0.4, 0.5) is 5.13 Å². The molecule has 108 valence electrons. The van der Waals surface area contributed by atoms with Gasteiger partial charge in [0.2, 0.25) is 11.8 Å². The van der Waals surface area contributed by atoms with Gasteiger partial charge in [-0.1, -0.05) is 30.3 Å². The number of thiazole rings is 1. The maximum Gasteiger partial charge on any atom is 0.229 e. The SMILES string of the molecule is Cc1sc(N2CC(C(N)=O)CC2=O)nc1-c1ccccc1. The molecule has 0 spiro atoms. The number of benzene rings is 1. The molecule has 2 amide bonds. The molecule has 3 rings (SSSR count). The Balaban J connectivity index is 1.91. The molecule has 1 saturated heterocycles. The molecule has 2 N–H and O–H groups in total. The number of amides is 2. The molecule has 5 nitrogen and oxygen atoms in total. The van der Waals surface area contributed by atoms with Gasteiger partial charge in [0.15, 0.2) is 5.13 Å². The first-order chi connectivity index (χ1) is 10.1. The van der Waals surface area contributed by atoms with Crippen molar-refractivity contribution in [3.8, 4) is 11.3 Å². The molecule has 0 aliphatic carbocycles. The summed E-state index contributed by atoms with van der Waals surface area (Å²) < 4.78 is 0. The van der Waals surface area contributed by atoms with Gasteiger partial charge >= 0.3 is 0 Å². The highest BCUT2D eigenvalue weighted by Crippen LogP contribution is 2.35. The summed E-state index contributed by atoms with van der Waals surface area (Å²) in [6.45, 7) is 2.31. The molecule has 0 radical (unpaired) electrons. The molecule has 1 fully saturated rings. The van der Waals surface area contributed by atoms with Gasteiger partial charge in [-0.15, -0.1) is 11.3 Å². The monoisotopic (exact) mass is 301 g/mol. The van der Waals surface area contributed by atoms with Gasteiger partial charge in [-0.05, 0) is 6.92 Å². The third kappa shape index (κ3) is 2.54. The number of hydrogen-bond donors (Lipinski definition) is 1. The predicted octanol–water partition coefficient (Wildman–Crippen LogP) is 1.96. The lowest BCUT2D eigenvalue weighted by Gasteiger charge is -2.11. The first-order valence-electron chi connectivity index (χ1n) is 6.69. The summed E-state index contributed by atoms with van der Waals surface area (Å²) in [7, 11) is 0. The Hall–Kier alpha value is -2.21. The second kappa shape index (κ2) is 5.29. The number of anilines is 1. The summed E-state index contributed by atoms with van der Waals surface area (Å²) in [6.07, 6.45) is 0.175. The van der Waals surface area contributed by atoms with Crippen LogP contribution in [0.3, 0.4) is 0 Å². The summed E-state index contributed by atoms with van der Waals surface area (Å²) in [4.78, 5) is 30.5. The first-order valence-corrected chi connectivity index (χ1v) is 7.50. The van der Waals surface area contributed by atoms with Crippen molar-refractivity contribution in [2.24, 2.45) is 11.7 Å². The number of nitrogens with zero attached hydrogens (tertiary/aromatic N) is 2. The number of aryl methyl sites for hydroxylation is 1. The minimum Gasteiger partial charge on any atom is -0.369 e. The van der Waals surface area contributed by atoms with Crippen LogP contribution in [0, 0.1) is 12.8 Å². The Morgan fingerprint density at radius 1 is 1.38 bits per heavy atom. The highest BCUT2D eigenvalue weighted by Gasteiger charge is 2.35. The molecule has 0 saturated carbocycles. The fraction of sp³-hybridized carbons (Fsp3) is 0.267. The molecule has 1 atom stereocenters. The van der Waals surface area contributed by atoms with E-state index in [1.807, 2.05) is 37.3 Å². The van der Waals surface area contributed by atoms with Crippen LogP contribution in [-0.4, -0.2) is 23.3 Å². The van der Waals surface area contributed by atoms with Gasteiger partial charge < -0.3 is 5.73 Å². The van der Waals surface area contributed by atoms with Crippen molar-refractivity contribution in [3.63, 3.8) is 0 Å². The van der Waals surface area contributed by atoms with Crippen LogP contribution < -0.4 is 10.6 Å². The normalized spacial score (nSPS) is 18.2. The Bertz CT molecular complexity index is 696. The van der Waals surface area contributed by atoms with E-state index in [-0.39, 0.29) is 12.3 Å². The fourth-order valence-electron chi connectivity index (χ4n) is 2.44. The van der Waals surface area contributed by atoms with Crippen LogP contribution in [0.5, 0.6) is 0 Å². The van der Waals surface area contributed by atoms with Crippen molar-refractivity contribution >= 4 is 28.3 Å². The zero-order valence-corrected chi connectivity index (χ0v) is 12.4. The number of carbonyl (C=O) groups excluding carboxylic acids is 2. The molecule has 6 heteroatoms. The number of primary amides is 1. The highest BCUT2D eigenvalue weighted by molar-refractivity contribution is 7.16. The van der Waals surface area contributed by atoms with E-state index in [0.29, 0.717) is 11.7 Å². The molecule has 1 unspecified atom stereocenters. The Kier molecular flexibility index (Phi) is 3.47. The van der Waals surface area contributed by atoms with E-state index in [9.17, 15) is 9.59 Å². The summed E-state index contributed by atoms with van der Waals surface area (Å²) in [5.74, 6) is -0.934. The van der Waals surface area contributed by atoms with Gasteiger partial charge in [0, 0.05) is 23.4 Å². The number of rotatable bonds is 3. The maximum absolute atomic E-state index is 12.0. The summed E-state index contributed by atoms with van der Waals surface area (Å²) in [5.41, 5.74) is 7.20. The molecule has 2 aromatic rings. The highest BCUT2D eigenvalue weighted by atomic mass is 32.1. The third-order valence-electron chi connectivity index (χ3n) is 3.59. The maximum atomic E-state index is 12.0. The molecule has 1 aromatic carbocycles. The van der Waals surface area contributed by atoms with Gasteiger partial charge in [-0.25, -0.2) is 4.98 Å². The predicted molar refractivity (Wildman–Crippen MR) is 81.9 cm³/mol. The molecule has 1 aromatic heterocycles. The third-order valence-corrected chi connectivity index (χ3v) is 4.58. The van der Waals surface area contributed by atoms with Crippen molar-refractivity contribution in [2.75, 3.05) is 11.4 Å². The lowest BCUT2D eigenvalue weighted by atomic mass is 10.1. The van der Waals surface area contributed by atoms with Gasteiger partial charge in [-0.3, -0.25) is 14.5 Å². The number of carbonyl (C=O) groups is 2. The van der Waals surface area contributed by atoms with Crippen molar-refractivity contribution in [3.05, 3.63) is 35.2 Å². The second-order valence-electron chi connectivity index (χ2n) is 5.08. The molecular formula is C15H15N3O2S. The molecular weight excluding hydrogens is 286 g/mol. The lowest BCUT2D eigenvalue weighted by Crippen LogP contribution is -2.28. The molecule has 21 heavy (non-hydrogen) atoms. The van der Waals surface area contributed by atoms with Crippen LogP contribution in [0.15, 0.2) is 30.3 Å². The number of nitrogens with two attached hydrogens (primary N) is 1. The lowest BCUT2D eigenvalue weighted by molar-refractivity contribution is -0.123. The van der Waals surface area contributed by atoms with E-state index >= 15 is 0 Å². The molecule has 0 bridgehead atoms. The second-order valence-corrected chi connectivity index (χ2v) is 6.26. The Morgan fingerprint density at radius 3 is 2.71 bits per heavy atom. The van der Waals surface area contributed by atoms with E-state index in [2.05, 4.69) is 4.98 Å². The van der Waals surface area contributed by atoms with Gasteiger partial charge in [-0.2, -0.15) is 0 Å². The van der Waals surface area contributed by atoms with Crippen LogP contribution in [-0.2, 0) is 9.59 Å². The zero-order valence-electron chi connectivity index (χ0n) is 11.6. The van der Waals surface area contributed by atoms with Gasteiger partial charge in [0.1, 0.15) is 0 Å². The van der Waals surface area contributed by atoms with E-state index < -0.39 is 11.8 Å². The van der Waals surface area contributed by atoms with E-state index in [1.54, 1.807) is 4.90 Å². The number of hydrogen-bond acceptors (Lipinski definition) is 4. The van der Waals surface area contributed by atoms with Crippen molar-refractivity contribution in [2.45, 2.75) is 13.3 Å². The van der Waals surface area contributed by atoms with Crippen LogP contribution in [0.1, 0.15) is 11.3 Å². The molecule has 1 aliphatic rings. The topological polar surface area (TPSA) is 76.3 Å². The minimum atomic E-state index is -0.428. The molecule has 2 heterocycles. The number of aromatic nitrogens is 1. The van der Waals surface area contributed by atoms with Gasteiger partial charge in [0.25, 0.3) is 0 Å². The first kappa shape index (κ1) is 13.8. The van der Waals surface area contributed by atoms with Gasteiger partial charge in [0.05, 0.1) is 11.6 Å². The quantitative estimate of drug-likeness (QED) is 0.941. The smallest absolute Gasteiger partial charge is 0.229 e. The summed E-state index contributed by atoms with van der Waals surface area (Å²) >= 11 is 1.47. The largest absolute Gasteiger partial charge is 0.369 e. The van der Waals surface area contributed by atoms with Crippen LogP contribution >= 0.6 is 11.3 Å².